The fourth-order valence-electron chi connectivity index (χ4n) is 3.02. The van der Waals surface area contributed by atoms with E-state index in [1.54, 1.807) is 0 Å². The highest BCUT2D eigenvalue weighted by Gasteiger charge is 2.37. The fraction of sp³-hybridized carbons (Fsp3) is 0.450. The van der Waals surface area contributed by atoms with Crippen LogP contribution in [0, 0.1) is 12.3 Å². The average Bonchev–Trinajstić information content (AvgIpc) is 2.52. The van der Waals surface area contributed by atoms with Crippen molar-refractivity contribution in [1.29, 1.82) is 0 Å². The summed E-state index contributed by atoms with van der Waals surface area (Å²) in [5, 5.41) is 3.33. The highest BCUT2D eigenvalue weighted by atomic mass is 15.5. The lowest BCUT2D eigenvalue weighted by Crippen LogP contribution is -2.52. The van der Waals surface area contributed by atoms with E-state index in [-0.39, 0.29) is 5.41 Å². The van der Waals surface area contributed by atoms with Crippen LogP contribution < -0.4 is 5.32 Å². The van der Waals surface area contributed by atoms with E-state index in [0.717, 1.165) is 34.8 Å². The average molecular weight is 338 g/mol. The van der Waals surface area contributed by atoms with Crippen molar-refractivity contribution < 1.29 is 4.48 Å². The van der Waals surface area contributed by atoms with E-state index in [1.807, 2.05) is 13.1 Å². The molecule has 0 spiro atoms. The molecule has 25 heavy (non-hydrogen) atoms. The first kappa shape index (κ1) is 17.5. The Morgan fingerprint density at radius 3 is 2.60 bits per heavy atom. The van der Waals surface area contributed by atoms with Crippen LogP contribution in [0.5, 0.6) is 0 Å². The first-order chi connectivity index (χ1) is 11.7. The molecule has 0 saturated carbocycles. The summed E-state index contributed by atoms with van der Waals surface area (Å²) in [6.07, 6.45) is 10.6. The molecule has 1 unspecified atom stereocenters. The molecule has 1 aromatic heterocycles. The number of aryl methyl sites for hydroxylation is 1. The lowest BCUT2D eigenvalue weighted by molar-refractivity contribution is -0.784. The van der Waals surface area contributed by atoms with Crippen molar-refractivity contribution in [3.63, 3.8) is 0 Å². The maximum atomic E-state index is 4.66. The Morgan fingerprint density at radius 1 is 1.32 bits per heavy atom. The summed E-state index contributed by atoms with van der Waals surface area (Å²) < 4.78 is 0.772. The normalized spacial score (nSPS) is 22.7. The Kier molecular flexibility index (Phi) is 4.37. The molecule has 0 bridgehead atoms. The zero-order valence-electron chi connectivity index (χ0n) is 16.1. The number of anilines is 1. The molecule has 5 nitrogen and oxygen atoms in total. The maximum Gasteiger partial charge on any atom is 0.233 e. The van der Waals surface area contributed by atoms with Crippen LogP contribution in [0.2, 0.25) is 0 Å². The molecule has 0 saturated heterocycles. The summed E-state index contributed by atoms with van der Waals surface area (Å²) in [4.78, 5) is 13.6. The zero-order chi connectivity index (χ0) is 18.2. The van der Waals surface area contributed by atoms with Gasteiger partial charge in [-0.25, -0.2) is 14.5 Å². The number of aromatic nitrogens is 2. The molecular weight excluding hydrogens is 310 g/mol. The predicted molar refractivity (Wildman–Crippen MR) is 104 cm³/mol. The van der Waals surface area contributed by atoms with Gasteiger partial charge < -0.3 is 5.32 Å². The van der Waals surface area contributed by atoms with Crippen molar-refractivity contribution in [3.05, 3.63) is 47.5 Å². The number of quaternary nitrogens is 1. The van der Waals surface area contributed by atoms with Gasteiger partial charge in [-0.15, -0.1) is 0 Å². The van der Waals surface area contributed by atoms with E-state index in [1.165, 1.54) is 11.1 Å². The Bertz CT molecular complexity index is 808. The summed E-state index contributed by atoms with van der Waals surface area (Å²) in [7, 11) is 2.18. The van der Waals surface area contributed by atoms with Gasteiger partial charge in [-0.2, -0.15) is 4.99 Å². The van der Waals surface area contributed by atoms with Crippen LogP contribution in [0.3, 0.4) is 0 Å². The summed E-state index contributed by atoms with van der Waals surface area (Å²) in [5.74, 6) is 1.81. The van der Waals surface area contributed by atoms with Crippen molar-refractivity contribution in [2.45, 2.75) is 34.6 Å². The minimum absolute atomic E-state index is 0.192. The largest absolute Gasteiger partial charge is 0.354 e. The van der Waals surface area contributed by atoms with Gasteiger partial charge in [0.05, 0.1) is 12.7 Å². The molecule has 0 amide bonds. The van der Waals surface area contributed by atoms with Crippen LogP contribution in [0.25, 0.3) is 5.57 Å². The molecule has 1 atom stereocenters. The molecule has 1 N–H and O–H groups in total. The van der Waals surface area contributed by atoms with Gasteiger partial charge in [0.1, 0.15) is 6.20 Å². The molecule has 0 aliphatic carbocycles. The lowest BCUT2D eigenvalue weighted by atomic mass is 9.95. The molecule has 2 aliphatic heterocycles. The summed E-state index contributed by atoms with van der Waals surface area (Å²) in [5.41, 5.74) is 4.62. The molecule has 5 heteroatoms. The van der Waals surface area contributed by atoms with Gasteiger partial charge in [0.25, 0.3) is 0 Å². The van der Waals surface area contributed by atoms with Crippen molar-refractivity contribution in [2.75, 3.05) is 25.6 Å². The van der Waals surface area contributed by atoms with Gasteiger partial charge in [-0.05, 0) is 30.9 Å². The van der Waals surface area contributed by atoms with Crippen LogP contribution in [0.15, 0.2) is 41.2 Å². The van der Waals surface area contributed by atoms with Crippen LogP contribution in [0.4, 0.5) is 5.95 Å². The summed E-state index contributed by atoms with van der Waals surface area (Å²) >= 11 is 0. The number of aliphatic imine (C=N–C) groups is 1. The van der Waals surface area contributed by atoms with Gasteiger partial charge >= 0.3 is 0 Å². The molecule has 3 heterocycles. The van der Waals surface area contributed by atoms with E-state index in [4.69, 9.17) is 0 Å². The third-order valence-corrected chi connectivity index (χ3v) is 4.53. The summed E-state index contributed by atoms with van der Waals surface area (Å²) in [6, 6.07) is 0. The van der Waals surface area contributed by atoms with Gasteiger partial charge in [0, 0.05) is 30.0 Å². The quantitative estimate of drug-likeness (QED) is 0.847. The van der Waals surface area contributed by atoms with Gasteiger partial charge in [-0.1, -0.05) is 26.8 Å². The first-order valence-electron chi connectivity index (χ1n) is 8.78. The predicted octanol–water partition coefficient (Wildman–Crippen LogP) is 3.92. The van der Waals surface area contributed by atoms with Crippen LogP contribution in [-0.2, 0) is 0 Å². The van der Waals surface area contributed by atoms with Crippen LogP contribution in [0.1, 0.15) is 39.0 Å². The number of nitrogens with zero attached hydrogens (tertiary/aromatic N) is 4. The number of likely N-dealkylation sites (N-methyl/N-ethyl adjacent to an activating group) is 1. The standard InChI is InChI=1S/C20H28N5/c1-7-16(15-8-9-18-23-13-25(18,6)11-15)17-10-21-19(24-14(17)2)22-12-20(3,4)5/h7-11H,12-13H2,1-6H3,(H,21,22,24)/q+1/b16-7-. The third-order valence-electron chi connectivity index (χ3n) is 4.53. The van der Waals surface area contributed by atoms with Gasteiger partial charge in [-0.3, -0.25) is 0 Å². The van der Waals surface area contributed by atoms with E-state index in [2.05, 4.69) is 79.4 Å². The number of rotatable bonds is 4. The van der Waals surface area contributed by atoms with Crippen LogP contribution >= 0.6 is 0 Å². The number of amidine groups is 1. The number of allylic oxidation sites excluding steroid dienone is 4. The monoisotopic (exact) mass is 338 g/mol. The Morgan fingerprint density at radius 2 is 2.08 bits per heavy atom. The van der Waals surface area contributed by atoms with Gasteiger partial charge in [0.15, 0.2) is 6.67 Å². The number of hydrogen-bond donors (Lipinski definition) is 1. The van der Waals surface area contributed by atoms with Gasteiger partial charge in [0.2, 0.25) is 11.8 Å². The Labute approximate surface area is 150 Å². The molecule has 3 rings (SSSR count). The Balaban J connectivity index is 1.85. The topological polar surface area (TPSA) is 50.2 Å². The van der Waals surface area contributed by atoms with E-state index in [0.29, 0.717) is 5.95 Å². The van der Waals surface area contributed by atoms with Crippen molar-refractivity contribution in [2.24, 2.45) is 10.4 Å². The molecule has 0 aromatic carbocycles. The number of nitrogens with one attached hydrogen (secondary N) is 1. The minimum Gasteiger partial charge on any atom is -0.354 e. The molecule has 1 aromatic rings. The van der Waals surface area contributed by atoms with Crippen molar-refractivity contribution in [3.8, 4) is 0 Å². The second-order valence-electron chi connectivity index (χ2n) is 8.15. The van der Waals surface area contributed by atoms with E-state index >= 15 is 0 Å². The van der Waals surface area contributed by atoms with Crippen molar-refractivity contribution >= 4 is 17.4 Å². The molecular formula is C20H28N5+. The van der Waals surface area contributed by atoms with E-state index < -0.39 is 0 Å². The Hall–Kier alpha value is -2.27. The van der Waals surface area contributed by atoms with Crippen LogP contribution in [-0.4, -0.2) is 40.5 Å². The minimum atomic E-state index is 0.192. The lowest BCUT2D eigenvalue weighted by Gasteiger charge is -2.37. The second kappa shape index (κ2) is 6.23. The van der Waals surface area contributed by atoms with E-state index in [9.17, 15) is 0 Å². The molecule has 132 valence electrons. The zero-order valence-corrected chi connectivity index (χ0v) is 16.1. The highest BCUT2D eigenvalue weighted by Crippen LogP contribution is 2.32. The smallest absolute Gasteiger partial charge is 0.233 e. The molecule has 0 fully saturated rings. The maximum absolute atomic E-state index is 4.66. The first-order valence-corrected chi connectivity index (χ1v) is 8.78. The third kappa shape index (κ3) is 3.56. The fourth-order valence-corrected chi connectivity index (χ4v) is 3.02. The molecule has 0 radical (unpaired) electrons. The summed E-state index contributed by atoms with van der Waals surface area (Å²) in [6.45, 7) is 12.3. The number of hydrogen-bond acceptors (Lipinski definition) is 4. The SMILES string of the molecule is C/C=C(/C1=C[N+]2(C)CN=C2C=C1)c1cnc(NCC(C)(C)C)nc1C. The molecule has 2 aliphatic rings. The number of fused-ring (bicyclic) bond motifs is 1. The van der Waals surface area contributed by atoms with Crippen molar-refractivity contribution in [1.82, 2.24) is 9.97 Å². The second-order valence-corrected chi connectivity index (χ2v) is 8.15. The highest BCUT2D eigenvalue weighted by molar-refractivity contribution is 5.94.